The third-order valence-corrected chi connectivity index (χ3v) is 5.74. The first-order chi connectivity index (χ1) is 10.5. The smallest absolute Gasteiger partial charge is 0.215 e. The van der Waals surface area contributed by atoms with Crippen molar-refractivity contribution in [2.24, 2.45) is 0 Å². The van der Waals surface area contributed by atoms with Crippen molar-refractivity contribution < 1.29 is 12.8 Å². The number of rotatable bonds is 6. The van der Waals surface area contributed by atoms with E-state index in [0.29, 0.717) is 18.8 Å². The van der Waals surface area contributed by atoms with Gasteiger partial charge in [0.25, 0.3) is 0 Å². The second-order valence-electron chi connectivity index (χ2n) is 5.33. The molecule has 0 spiro atoms. The lowest BCUT2D eigenvalue weighted by Gasteiger charge is -2.07. The normalized spacial score (nSPS) is 21.0. The van der Waals surface area contributed by atoms with E-state index >= 15 is 0 Å². The molecule has 0 saturated heterocycles. The summed E-state index contributed by atoms with van der Waals surface area (Å²) in [7, 11) is -3.45. The lowest BCUT2D eigenvalue weighted by Crippen LogP contribution is -2.28. The van der Waals surface area contributed by atoms with E-state index in [2.05, 4.69) is 14.9 Å². The molecule has 22 heavy (non-hydrogen) atoms. The van der Waals surface area contributed by atoms with Crippen LogP contribution in [0.5, 0.6) is 0 Å². The Morgan fingerprint density at radius 3 is 3.00 bits per heavy atom. The Morgan fingerprint density at radius 2 is 2.27 bits per heavy atom. The molecule has 1 aliphatic carbocycles. The highest BCUT2D eigenvalue weighted by Gasteiger charge is 2.48. The van der Waals surface area contributed by atoms with Crippen LogP contribution in [-0.4, -0.2) is 28.4 Å². The predicted molar refractivity (Wildman–Crippen MR) is 79.0 cm³/mol. The van der Waals surface area contributed by atoms with Crippen LogP contribution in [0.3, 0.4) is 0 Å². The quantitative estimate of drug-likeness (QED) is 0.871. The number of aryl methyl sites for hydroxylation is 1. The molecule has 118 valence electrons. The minimum Gasteiger partial charge on any atom is -0.317 e. The van der Waals surface area contributed by atoms with E-state index < -0.39 is 15.3 Å². The molecule has 2 atom stereocenters. The van der Waals surface area contributed by atoms with E-state index in [1.807, 2.05) is 6.92 Å². The standard InChI is InChI=1S/C14H17FN4O2S/c1-2-19-9-16-18-14(19)8-17-22(20,21)13-7-12(13)10-4-3-5-11(15)6-10/h3-6,9,12-13,17H,2,7-8H2,1H3/t12-,13-/m0/s1. The second-order valence-corrected chi connectivity index (χ2v) is 7.32. The van der Waals surface area contributed by atoms with E-state index in [1.54, 1.807) is 23.0 Å². The van der Waals surface area contributed by atoms with Crippen molar-refractivity contribution in [3.63, 3.8) is 0 Å². The van der Waals surface area contributed by atoms with Crippen molar-refractivity contribution in [3.05, 3.63) is 47.8 Å². The Bertz CT molecular complexity index is 775. The fourth-order valence-electron chi connectivity index (χ4n) is 2.55. The molecule has 0 unspecified atom stereocenters. The van der Waals surface area contributed by atoms with Crippen LogP contribution in [0.4, 0.5) is 4.39 Å². The van der Waals surface area contributed by atoms with E-state index in [1.165, 1.54) is 12.1 Å². The number of nitrogens with zero attached hydrogens (tertiary/aromatic N) is 3. The van der Waals surface area contributed by atoms with Gasteiger partial charge < -0.3 is 4.57 Å². The maximum atomic E-state index is 13.2. The number of nitrogens with one attached hydrogen (secondary N) is 1. The molecule has 3 rings (SSSR count). The van der Waals surface area contributed by atoms with Gasteiger partial charge in [-0.15, -0.1) is 10.2 Å². The minimum absolute atomic E-state index is 0.114. The fourth-order valence-corrected chi connectivity index (χ4v) is 4.15. The molecule has 1 aliphatic rings. The van der Waals surface area contributed by atoms with Gasteiger partial charge in [0.2, 0.25) is 10.0 Å². The molecular formula is C14H17FN4O2S. The summed E-state index contributed by atoms with van der Waals surface area (Å²) < 4.78 is 42.1. The van der Waals surface area contributed by atoms with Gasteiger partial charge in [-0.2, -0.15) is 0 Å². The van der Waals surface area contributed by atoms with Crippen LogP contribution in [0.25, 0.3) is 0 Å². The highest BCUT2D eigenvalue weighted by molar-refractivity contribution is 7.90. The van der Waals surface area contributed by atoms with Gasteiger partial charge in [0, 0.05) is 12.5 Å². The zero-order chi connectivity index (χ0) is 15.7. The van der Waals surface area contributed by atoms with Gasteiger partial charge in [-0.25, -0.2) is 17.5 Å². The molecule has 8 heteroatoms. The lowest BCUT2D eigenvalue weighted by atomic mass is 10.1. The van der Waals surface area contributed by atoms with Crippen LogP contribution in [0.1, 0.15) is 30.7 Å². The molecule has 0 radical (unpaired) electrons. The summed E-state index contributed by atoms with van der Waals surface area (Å²) in [6.07, 6.45) is 2.08. The molecular weight excluding hydrogens is 307 g/mol. The molecule has 0 amide bonds. The highest BCUT2D eigenvalue weighted by atomic mass is 32.2. The molecule has 6 nitrogen and oxygen atoms in total. The summed E-state index contributed by atoms with van der Waals surface area (Å²) in [5.74, 6) is 0.0934. The minimum atomic E-state index is -3.45. The van der Waals surface area contributed by atoms with Crippen molar-refractivity contribution in [2.45, 2.75) is 37.6 Å². The Labute approximate surface area is 128 Å². The zero-order valence-corrected chi connectivity index (χ0v) is 12.9. The lowest BCUT2D eigenvalue weighted by molar-refractivity contribution is 0.573. The van der Waals surface area contributed by atoms with E-state index in [-0.39, 0.29) is 18.3 Å². The summed E-state index contributed by atoms with van der Waals surface area (Å²) in [6, 6.07) is 6.11. The van der Waals surface area contributed by atoms with Crippen LogP contribution in [0.2, 0.25) is 0 Å². The zero-order valence-electron chi connectivity index (χ0n) is 12.1. The third-order valence-electron chi connectivity index (χ3n) is 3.88. The number of sulfonamides is 1. The molecule has 0 aliphatic heterocycles. The summed E-state index contributed by atoms with van der Waals surface area (Å²) in [5.41, 5.74) is 0.729. The largest absolute Gasteiger partial charge is 0.317 e. The van der Waals surface area contributed by atoms with Crippen LogP contribution < -0.4 is 4.72 Å². The highest BCUT2D eigenvalue weighted by Crippen LogP contribution is 2.45. The van der Waals surface area contributed by atoms with Gasteiger partial charge in [-0.05, 0) is 31.0 Å². The number of benzene rings is 1. The van der Waals surface area contributed by atoms with Crippen LogP contribution in [0.15, 0.2) is 30.6 Å². The van der Waals surface area contributed by atoms with Gasteiger partial charge >= 0.3 is 0 Å². The molecule has 1 saturated carbocycles. The summed E-state index contributed by atoms with van der Waals surface area (Å²) in [5, 5.41) is 7.15. The van der Waals surface area contributed by atoms with Crippen LogP contribution in [0, 0.1) is 5.82 Å². The second kappa shape index (κ2) is 5.77. The van der Waals surface area contributed by atoms with Crippen LogP contribution >= 0.6 is 0 Å². The SMILES string of the molecule is CCn1cnnc1CNS(=O)(=O)[C@H]1C[C@H]1c1cccc(F)c1. The van der Waals surface area contributed by atoms with Crippen molar-refractivity contribution in [1.29, 1.82) is 0 Å². The number of hydrogen-bond acceptors (Lipinski definition) is 4. The molecule has 1 aromatic carbocycles. The summed E-state index contributed by atoms with van der Waals surface area (Å²) >= 11 is 0. The van der Waals surface area contributed by atoms with E-state index in [4.69, 9.17) is 0 Å². The predicted octanol–water partition coefficient (Wildman–Crippen LogP) is 1.41. The van der Waals surface area contributed by atoms with E-state index in [0.717, 1.165) is 5.56 Å². The maximum absolute atomic E-state index is 13.2. The van der Waals surface area contributed by atoms with Gasteiger partial charge in [0.1, 0.15) is 18.0 Å². The van der Waals surface area contributed by atoms with E-state index in [9.17, 15) is 12.8 Å². The van der Waals surface area contributed by atoms with Crippen molar-refractivity contribution >= 4 is 10.0 Å². The Balaban J connectivity index is 1.65. The monoisotopic (exact) mass is 324 g/mol. The maximum Gasteiger partial charge on any atom is 0.215 e. The Kier molecular flexibility index (Phi) is 3.96. The number of hydrogen-bond donors (Lipinski definition) is 1. The average Bonchev–Trinajstić information content (AvgIpc) is 3.18. The van der Waals surface area contributed by atoms with Gasteiger partial charge in [-0.1, -0.05) is 12.1 Å². The van der Waals surface area contributed by atoms with Crippen molar-refractivity contribution in [2.75, 3.05) is 0 Å². The fraction of sp³-hybridized carbons (Fsp3) is 0.429. The third kappa shape index (κ3) is 3.02. The van der Waals surface area contributed by atoms with Gasteiger partial charge in [0.05, 0.1) is 11.8 Å². The Morgan fingerprint density at radius 1 is 1.45 bits per heavy atom. The van der Waals surface area contributed by atoms with Crippen molar-refractivity contribution in [1.82, 2.24) is 19.5 Å². The molecule has 2 aromatic rings. The first kappa shape index (κ1) is 15.1. The van der Waals surface area contributed by atoms with Gasteiger partial charge in [0.15, 0.2) is 0 Å². The first-order valence-corrected chi connectivity index (χ1v) is 8.66. The topological polar surface area (TPSA) is 76.9 Å². The molecule has 1 aromatic heterocycles. The average molecular weight is 324 g/mol. The number of aromatic nitrogens is 3. The van der Waals surface area contributed by atoms with Crippen molar-refractivity contribution in [3.8, 4) is 0 Å². The summed E-state index contributed by atoms with van der Waals surface area (Å²) in [6.45, 7) is 2.73. The first-order valence-electron chi connectivity index (χ1n) is 7.12. The van der Waals surface area contributed by atoms with Gasteiger partial charge in [-0.3, -0.25) is 0 Å². The van der Waals surface area contributed by atoms with Crippen LogP contribution in [-0.2, 0) is 23.1 Å². The molecule has 1 fully saturated rings. The molecule has 0 bridgehead atoms. The summed E-state index contributed by atoms with van der Waals surface area (Å²) in [4.78, 5) is 0. The molecule has 1 heterocycles. The Hall–Kier alpha value is -1.80. The number of halogens is 1. The molecule has 1 N–H and O–H groups in total.